The lowest BCUT2D eigenvalue weighted by molar-refractivity contribution is -0.0279. The first-order chi connectivity index (χ1) is 12.9. The van der Waals surface area contributed by atoms with Crippen LogP contribution in [0.2, 0.25) is 0 Å². The van der Waals surface area contributed by atoms with Gasteiger partial charge in [-0.3, -0.25) is 0 Å². The van der Waals surface area contributed by atoms with Crippen molar-refractivity contribution in [2.45, 2.75) is 45.4 Å². The van der Waals surface area contributed by atoms with Crippen LogP contribution < -0.4 is 20.5 Å². The van der Waals surface area contributed by atoms with Gasteiger partial charge in [-0.2, -0.15) is 0 Å². The second-order valence-corrected chi connectivity index (χ2v) is 7.95. The van der Waals surface area contributed by atoms with Crippen LogP contribution in [-0.4, -0.2) is 41.4 Å². The van der Waals surface area contributed by atoms with Gasteiger partial charge in [-0.25, -0.2) is 15.4 Å². The van der Waals surface area contributed by atoms with Crippen LogP contribution in [0.5, 0.6) is 5.75 Å². The van der Waals surface area contributed by atoms with E-state index in [1.54, 1.807) is 6.33 Å². The van der Waals surface area contributed by atoms with Crippen molar-refractivity contribution in [1.82, 2.24) is 15.4 Å². The topological polar surface area (TPSA) is 71.5 Å². The fraction of sp³-hybridized carbons (Fsp3) is 0.500. The Bertz CT molecular complexity index is 824. The molecule has 1 atom stereocenters. The quantitative estimate of drug-likeness (QED) is 0.858. The molecule has 2 aliphatic rings. The molecule has 4 rings (SSSR count). The predicted molar refractivity (Wildman–Crippen MR) is 105 cm³/mol. The van der Waals surface area contributed by atoms with Crippen molar-refractivity contribution in [3.05, 3.63) is 41.9 Å². The SMILES string of the molecule is CC(C)Oc1ccc2c(c1)C(c1cc(N3CCOC(C)(C)C3)ncn1)NN2. The van der Waals surface area contributed by atoms with E-state index in [9.17, 15) is 0 Å². The summed E-state index contributed by atoms with van der Waals surface area (Å²) in [7, 11) is 0. The number of ether oxygens (including phenoxy) is 2. The molecule has 1 aromatic carbocycles. The van der Waals surface area contributed by atoms with Crippen molar-refractivity contribution in [1.29, 1.82) is 0 Å². The number of benzene rings is 1. The molecule has 2 N–H and O–H groups in total. The van der Waals surface area contributed by atoms with E-state index in [1.807, 2.05) is 26.0 Å². The van der Waals surface area contributed by atoms with Gasteiger partial charge in [0, 0.05) is 24.7 Å². The molecule has 0 spiro atoms. The van der Waals surface area contributed by atoms with Crippen LogP contribution in [0, 0.1) is 0 Å². The van der Waals surface area contributed by atoms with E-state index in [-0.39, 0.29) is 17.7 Å². The second kappa shape index (κ2) is 6.98. The molecule has 2 aliphatic heterocycles. The molecule has 0 aliphatic carbocycles. The Balaban J connectivity index is 1.61. The van der Waals surface area contributed by atoms with Crippen molar-refractivity contribution < 1.29 is 9.47 Å². The first kappa shape index (κ1) is 18.0. The highest BCUT2D eigenvalue weighted by atomic mass is 16.5. The summed E-state index contributed by atoms with van der Waals surface area (Å²) in [6.07, 6.45) is 1.78. The zero-order valence-corrected chi connectivity index (χ0v) is 16.3. The Morgan fingerprint density at radius 2 is 2.11 bits per heavy atom. The number of nitrogens with zero attached hydrogens (tertiary/aromatic N) is 3. The number of rotatable bonds is 4. The summed E-state index contributed by atoms with van der Waals surface area (Å²) in [6, 6.07) is 8.11. The lowest BCUT2D eigenvalue weighted by Gasteiger charge is -2.38. The van der Waals surface area contributed by atoms with Gasteiger partial charge in [0.15, 0.2) is 0 Å². The fourth-order valence-corrected chi connectivity index (χ4v) is 3.60. The van der Waals surface area contributed by atoms with Crippen molar-refractivity contribution in [2.24, 2.45) is 0 Å². The smallest absolute Gasteiger partial charge is 0.132 e. The van der Waals surface area contributed by atoms with Gasteiger partial charge in [0.1, 0.15) is 17.9 Å². The van der Waals surface area contributed by atoms with Gasteiger partial charge in [0.05, 0.1) is 35.7 Å². The fourth-order valence-electron chi connectivity index (χ4n) is 3.60. The van der Waals surface area contributed by atoms with E-state index in [1.165, 1.54) is 0 Å². The third kappa shape index (κ3) is 3.84. The number of morpholine rings is 1. The first-order valence-corrected chi connectivity index (χ1v) is 9.44. The number of hydrogen-bond donors (Lipinski definition) is 2. The average molecular weight is 369 g/mol. The Labute approximate surface area is 160 Å². The maximum atomic E-state index is 5.86. The molecule has 0 radical (unpaired) electrons. The van der Waals surface area contributed by atoms with E-state index in [4.69, 9.17) is 9.47 Å². The van der Waals surface area contributed by atoms with Crippen molar-refractivity contribution in [3.63, 3.8) is 0 Å². The molecule has 1 fully saturated rings. The van der Waals surface area contributed by atoms with Crippen molar-refractivity contribution in [3.8, 4) is 5.75 Å². The van der Waals surface area contributed by atoms with Crippen molar-refractivity contribution in [2.75, 3.05) is 30.0 Å². The second-order valence-electron chi connectivity index (χ2n) is 7.95. The highest BCUT2D eigenvalue weighted by Crippen LogP contribution is 2.36. The Hall–Kier alpha value is -2.38. The number of hydrazine groups is 1. The third-order valence-corrected chi connectivity index (χ3v) is 4.78. The van der Waals surface area contributed by atoms with Gasteiger partial charge < -0.3 is 19.8 Å². The first-order valence-electron chi connectivity index (χ1n) is 9.44. The van der Waals surface area contributed by atoms with Crippen LogP contribution in [0.25, 0.3) is 0 Å². The van der Waals surface area contributed by atoms with Crippen LogP contribution in [0.15, 0.2) is 30.6 Å². The van der Waals surface area contributed by atoms with Crippen LogP contribution >= 0.6 is 0 Å². The van der Waals surface area contributed by atoms with Gasteiger partial charge in [0.25, 0.3) is 0 Å². The molecule has 3 heterocycles. The number of fused-ring (bicyclic) bond motifs is 1. The highest BCUT2D eigenvalue weighted by molar-refractivity contribution is 5.61. The molecule has 144 valence electrons. The Kier molecular flexibility index (Phi) is 4.65. The summed E-state index contributed by atoms with van der Waals surface area (Å²) in [5.74, 6) is 1.80. The average Bonchev–Trinajstić information content (AvgIpc) is 3.04. The maximum Gasteiger partial charge on any atom is 0.132 e. The summed E-state index contributed by atoms with van der Waals surface area (Å²) in [5.41, 5.74) is 9.49. The molecule has 1 unspecified atom stereocenters. The minimum absolute atomic E-state index is 0.0495. The van der Waals surface area contributed by atoms with E-state index in [0.717, 1.165) is 41.6 Å². The zero-order chi connectivity index (χ0) is 19.0. The van der Waals surface area contributed by atoms with Crippen LogP contribution in [0.4, 0.5) is 11.5 Å². The molecule has 2 aromatic rings. The largest absolute Gasteiger partial charge is 0.491 e. The molecule has 27 heavy (non-hydrogen) atoms. The number of hydrogen-bond acceptors (Lipinski definition) is 7. The van der Waals surface area contributed by atoms with E-state index < -0.39 is 0 Å². The number of aromatic nitrogens is 2. The van der Waals surface area contributed by atoms with Crippen LogP contribution in [0.3, 0.4) is 0 Å². The van der Waals surface area contributed by atoms with Gasteiger partial charge >= 0.3 is 0 Å². The summed E-state index contributed by atoms with van der Waals surface area (Å²) in [5, 5.41) is 0. The van der Waals surface area contributed by atoms with E-state index in [2.05, 4.69) is 51.7 Å². The summed E-state index contributed by atoms with van der Waals surface area (Å²) in [6.45, 7) is 10.6. The molecule has 0 saturated carbocycles. The molecular weight excluding hydrogens is 342 g/mol. The highest BCUT2D eigenvalue weighted by Gasteiger charge is 2.30. The maximum absolute atomic E-state index is 5.86. The van der Waals surface area contributed by atoms with Gasteiger partial charge in [-0.15, -0.1) is 0 Å². The molecule has 7 heteroatoms. The van der Waals surface area contributed by atoms with Crippen LogP contribution in [0.1, 0.15) is 45.0 Å². The minimum Gasteiger partial charge on any atom is -0.491 e. The predicted octanol–water partition coefficient (Wildman–Crippen LogP) is 2.90. The lowest BCUT2D eigenvalue weighted by Crippen LogP contribution is -2.48. The number of nitrogens with one attached hydrogen (secondary N) is 2. The normalized spacial score (nSPS) is 21.1. The lowest BCUT2D eigenvalue weighted by atomic mass is 10.0. The molecule has 0 bridgehead atoms. The van der Waals surface area contributed by atoms with Gasteiger partial charge in [-0.05, 0) is 45.9 Å². The molecule has 1 aromatic heterocycles. The van der Waals surface area contributed by atoms with Gasteiger partial charge in [0.2, 0.25) is 0 Å². The monoisotopic (exact) mass is 369 g/mol. The van der Waals surface area contributed by atoms with E-state index >= 15 is 0 Å². The number of anilines is 2. The summed E-state index contributed by atoms with van der Waals surface area (Å²) in [4.78, 5) is 11.3. The Morgan fingerprint density at radius 3 is 2.89 bits per heavy atom. The zero-order valence-electron chi connectivity index (χ0n) is 16.3. The Morgan fingerprint density at radius 1 is 1.26 bits per heavy atom. The van der Waals surface area contributed by atoms with Gasteiger partial charge in [-0.1, -0.05) is 0 Å². The molecule has 0 amide bonds. The van der Waals surface area contributed by atoms with Crippen LogP contribution in [-0.2, 0) is 4.74 Å². The molecule has 1 saturated heterocycles. The molecule has 7 nitrogen and oxygen atoms in total. The summed E-state index contributed by atoms with van der Waals surface area (Å²) >= 11 is 0. The van der Waals surface area contributed by atoms with E-state index in [0.29, 0.717) is 6.61 Å². The third-order valence-electron chi connectivity index (χ3n) is 4.78. The molecular formula is C20H27N5O2. The minimum atomic E-state index is -0.174. The standard InChI is InChI=1S/C20H27N5O2/c1-13(2)27-14-5-6-16-15(9-14)19(24-23-16)17-10-18(22-12-21-17)25-7-8-26-20(3,4)11-25/h5-6,9-10,12-13,19,23-24H,7-8,11H2,1-4H3. The van der Waals surface area contributed by atoms with Crippen molar-refractivity contribution >= 4 is 11.5 Å². The summed E-state index contributed by atoms with van der Waals surface area (Å²) < 4.78 is 11.7.